The Bertz CT molecular complexity index is 955. The number of carbonyl (C=O) groups excluding carboxylic acids is 1. The molecular formula is C26H29NO4. The Morgan fingerprint density at radius 1 is 0.774 bits per heavy atom. The molecule has 1 N–H and O–H groups in total. The molecule has 1 amide bonds. The lowest BCUT2D eigenvalue weighted by atomic mass is 10.1. The fraction of sp³-hybridized carbons (Fsp3) is 0.269. The fourth-order valence-electron chi connectivity index (χ4n) is 3.11. The number of hydrogen-bond acceptors (Lipinski definition) is 4. The van der Waals surface area contributed by atoms with Crippen molar-refractivity contribution in [2.24, 2.45) is 0 Å². The van der Waals surface area contributed by atoms with Crippen LogP contribution >= 0.6 is 0 Å². The van der Waals surface area contributed by atoms with Crippen LogP contribution in [0.25, 0.3) is 0 Å². The molecule has 0 aliphatic heterocycles. The number of rotatable bonds is 11. The molecule has 5 nitrogen and oxygen atoms in total. The Labute approximate surface area is 184 Å². The van der Waals surface area contributed by atoms with E-state index in [2.05, 4.69) is 5.32 Å². The predicted molar refractivity (Wildman–Crippen MR) is 123 cm³/mol. The van der Waals surface area contributed by atoms with Crippen LogP contribution in [0.4, 0.5) is 5.69 Å². The van der Waals surface area contributed by atoms with Gasteiger partial charge in [-0.25, -0.2) is 0 Å². The number of benzene rings is 3. The van der Waals surface area contributed by atoms with Gasteiger partial charge in [-0.05, 0) is 67.8 Å². The number of hydrogen-bond donors (Lipinski definition) is 1. The molecule has 0 aliphatic carbocycles. The summed E-state index contributed by atoms with van der Waals surface area (Å²) in [5.41, 5.74) is 2.90. The van der Waals surface area contributed by atoms with Gasteiger partial charge in [0.15, 0.2) is 11.5 Å². The molecule has 0 aromatic heterocycles. The van der Waals surface area contributed by atoms with Crippen LogP contribution in [-0.2, 0) is 17.8 Å². The van der Waals surface area contributed by atoms with Gasteiger partial charge in [-0.1, -0.05) is 36.4 Å². The van der Waals surface area contributed by atoms with Crippen molar-refractivity contribution in [1.29, 1.82) is 0 Å². The molecule has 5 heteroatoms. The largest absolute Gasteiger partial charge is 0.490 e. The lowest BCUT2D eigenvalue weighted by Gasteiger charge is -2.12. The highest BCUT2D eigenvalue weighted by atomic mass is 16.5. The summed E-state index contributed by atoms with van der Waals surface area (Å²) in [4.78, 5) is 12.4. The monoisotopic (exact) mass is 419 g/mol. The van der Waals surface area contributed by atoms with Crippen molar-refractivity contribution in [3.63, 3.8) is 0 Å². The average Bonchev–Trinajstić information content (AvgIpc) is 2.80. The zero-order chi connectivity index (χ0) is 21.9. The molecule has 0 unspecified atom stereocenters. The summed E-state index contributed by atoms with van der Waals surface area (Å²) >= 11 is 0. The van der Waals surface area contributed by atoms with Crippen LogP contribution in [0.3, 0.4) is 0 Å². The summed E-state index contributed by atoms with van der Waals surface area (Å²) in [7, 11) is 0. The molecule has 0 aliphatic rings. The molecule has 0 bridgehead atoms. The highest BCUT2D eigenvalue weighted by Gasteiger charge is 2.09. The number of nitrogens with one attached hydrogen (secondary N) is 1. The molecule has 31 heavy (non-hydrogen) atoms. The molecule has 0 fully saturated rings. The molecule has 3 aromatic rings. The van der Waals surface area contributed by atoms with E-state index in [0.29, 0.717) is 38.4 Å². The van der Waals surface area contributed by atoms with E-state index in [1.165, 1.54) is 0 Å². The normalized spacial score (nSPS) is 10.4. The van der Waals surface area contributed by atoms with Crippen molar-refractivity contribution in [1.82, 2.24) is 0 Å². The molecule has 0 radical (unpaired) electrons. The second-order valence-corrected chi connectivity index (χ2v) is 6.99. The maximum absolute atomic E-state index is 12.4. The van der Waals surface area contributed by atoms with Crippen molar-refractivity contribution >= 4 is 11.6 Å². The molecule has 0 spiro atoms. The first kappa shape index (κ1) is 22.2. The molecule has 0 atom stereocenters. The molecule has 3 aromatic carbocycles. The minimum Gasteiger partial charge on any atom is -0.490 e. The van der Waals surface area contributed by atoms with E-state index in [0.717, 1.165) is 28.3 Å². The topological polar surface area (TPSA) is 56.8 Å². The van der Waals surface area contributed by atoms with Crippen molar-refractivity contribution < 1.29 is 19.0 Å². The van der Waals surface area contributed by atoms with Crippen molar-refractivity contribution in [3.05, 3.63) is 83.9 Å². The molecule has 0 heterocycles. The summed E-state index contributed by atoms with van der Waals surface area (Å²) in [5, 5.41) is 2.93. The van der Waals surface area contributed by atoms with Gasteiger partial charge in [0.2, 0.25) is 5.91 Å². The quantitative estimate of drug-likeness (QED) is 0.437. The van der Waals surface area contributed by atoms with Gasteiger partial charge in [0.05, 0.1) is 13.2 Å². The minimum absolute atomic E-state index is 0.0372. The molecule has 3 rings (SSSR count). The van der Waals surface area contributed by atoms with E-state index in [4.69, 9.17) is 14.2 Å². The van der Waals surface area contributed by atoms with Crippen LogP contribution in [0.15, 0.2) is 72.8 Å². The zero-order valence-electron chi connectivity index (χ0n) is 18.1. The van der Waals surface area contributed by atoms with E-state index >= 15 is 0 Å². The lowest BCUT2D eigenvalue weighted by Crippen LogP contribution is -2.12. The Hall–Kier alpha value is -3.47. The number of ether oxygens (including phenoxy) is 3. The van der Waals surface area contributed by atoms with E-state index in [9.17, 15) is 4.79 Å². The standard InChI is InChI=1S/C26H29NO4/c1-3-29-24-16-10-20(18-25(24)30-4-2)11-17-26(28)27-22-12-14-23(15-13-22)31-19-21-8-6-5-7-9-21/h5-10,12-16,18H,3-4,11,17,19H2,1-2H3,(H,27,28). The third-order valence-corrected chi connectivity index (χ3v) is 4.63. The Morgan fingerprint density at radius 3 is 2.19 bits per heavy atom. The first-order chi connectivity index (χ1) is 15.2. The Balaban J connectivity index is 1.48. The highest BCUT2D eigenvalue weighted by molar-refractivity contribution is 5.90. The Kier molecular flexibility index (Phi) is 8.35. The first-order valence-corrected chi connectivity index (χ1v) is 10.6. The van der Waals surface area contributed by atoms with Gasteiger partial charge in [-0.2, -0.15) is 0 Å². The summed E-state index contributed by atoms with van der Waals surface area (Å²) in [6.45, 7) is 5.54. The molecule has 162 valence electrons. The summed E-state index contributed by atoms with van der Waals surface area (Å²) in [6.07, 6.45) is 1.00. The van der Waals surface area contributed by atoms with Crippen LogP contribution in [0.5, 0.6) is 17.2 Å². The number of aryl methyl sites for hydroxylation is 1. The van der Waals surface area contributed by atoms with Gasteiger partial charge in [0.1, 0.15) is 12.4 Å². The van der Waals surface area contributed by atoms with Crippen LogP contribution in [0.1, 0.15) is 31.4 Å². The summed E-state index contributed by atoms with van der Waals surface area (Å²) in [5.74, 6) is 2.17. The van der Waals surface area contributed by atoms with Crippen molar-refractivity contribution in [2.45, 2.75) is 33.3 Å². The van der Waals surface area contributed by atoms with Gasteiger partial charge < -0.3 is 19.5 Å². The second kappa shape index (κ2) is 11.6. The van der Waals surface area contributed by atoms with Crippen molar-refractivity contribution in [3.8, 4) is 17.2 Å². The number of anilines is 1. The van der Waals surface area contributed by atoms with Gasteiger partial charge in [0, 0.05) is 12.1 Å². The van der Waals surface area contributed by atoms with Crippen LogP contribution in [0.2, 0.25) is 0 Å². The molecule has 0 saturated heterocycles. The minimum atomic E-state index is -0.0372. The van der Waals surface area contributed by atoms with E-state index in [1.54, 1.807) is 0 Å². The van der Waals surface area contributed by atoms with E-state index in [1.807, 2.05) is 86.6 Å². The highest BCUT2D eigenvalue weighted by Crippen LogP contribution is 2.29. The molecular weight excluding hydrogens is 390 g/mol. The van der Waals surface area contributed by atoms with Crippen LogP contribution in [0, 0.1) is 0 Å². The third kappa shape index (κ3) is 7.07. The summed E-state index contributed by atoms with van der Waals surface area (Å²) in [6, 6.07) is 23.2. The van der Waals surface area contributed by atoms with Gasteiger partial charge >= 0.3 is 0 Å². The van der Waals surface area contributed by atoms with Crippen molar-refractivity contribution in [2.75, 3.05) is 18.5 Å². The van der Waals surface area contributed by atoms with Gasteiger partial charge in [-0.3, -0.25) is 4.79 Å². The second-order valence-electron chi connectivity index (χ2n) is 6.99. The lowest BCUT2D eigenvalue weighted by molar-refractivity contribution is -0.116. The van der Waals surface area contributed by atoms with Crippen LogP contribution in [-0.4, -0.2) is 19.1 Å². The van der Waals surface area contributed by atoms with Gasteiger partial charge in [0.25, 0.3) is 0 Å². The molecule has 0 saturated carbocycles. The Morgan fingerprint density at radius 2 is 1.48 bits per heavy atom. The zero-order valence-corrected chi connectivity index (χ0v) is 18.1. The smallest absolute Gasteiger partial charge is 0.224 e. The van der Waals surface area contributed by atoms with Crippen LogP contribution < -0.4 is 19.5 Å². The van der Waals surface area contributed by atoms with E-state index < -0.39 is 0 Å². The first-order valence-electron chi connectivity index (χ1n) is 10.6. The maximum Gasteiger partial charge on any atom is 0.224 e. The number of carbonyl (C=O) groups is 1. The van der Waals surface area contributed by atoms with Gasteiger partial charge in [-0.15, -0.1) is 0 Å². The van der Waals surface area contributed by atoms with E-state index in [-0.39, 0.29) is 5.91 Å². The fourth-order valence-corrected chi connectivity index (χ4v) is 3.11. The maximum atomic E-state index is 12.4. The SMILES string of the molecule is CCOc1ccc(CCC(=O)Nc2ccc(OCc3ccccc3)cc2)cc1OCC. The number of amides is 1. The summed E-state index contributed by atoms with van der Waals surface area (Å²) < 4.78 is 17.0. The average molecular weight is 420 g/mol. The predicted octanol–water partition coefficient (Wildman–Crippen LogP) is 5.63. The third-order valence-electron chi connectivity index (χ3n) is 4.63.